The zero-order chi connectivity index (χ0) is 29.8. The molecule has 0 aliphatic heterocycles. The lowest BCUT2D eigenvalue weighted by Crippen LogP contribution is -2.47. The highest BCUT2D eigenvalue weighted by Gasteiger charge is 2.63. The Balaban J connectivity index is -0.00000112. The SMILES string of the molecule is C=C(/C=C1\C(=C)C(C)=C(/C=C(C)/C(=C/N=CC)COC)C(F)(F)C1(F)F)CC.CC.CCC.CCCC. The van der Waals surface area contributed by atoms with E-state index in [1.807, 2.05) is 13.8 Å². The molecule has 214 valence electrons. The first-order valence-corrected chi connectivity index (χ1v) is 13.2. The maximum Gasteiger partial charge on any atom is 0.340 e. The van der Waals surface area contributed by atoms with Crippen LogP contribution in [0.5, 0.6) is 0 Å². The Morgan fingerprint density at radius 2 is 1.49 bits per heavy atom. The first-order chi connectivity index (χ1) is 17.3. The van der Waals surface area contributed by atoms with Crippen molar-refractivity contribution >= 4 is 6.21 Å². The van der Waals surface area contributed by atoms with Crippen molar-refractivity contribution in [2.75, 3.05) is 13.7 Å². The van der Waals surface area contributed by atoms with Gasteiger partial charge < -0.3 is 4.74 Å². The van der Waals surface area contributed by atoms with E-state index in [-0.39, 0.29) is 17.8 Å². The van der Waals surface area contributed by atoms with Crippen molar-refractivity contribution in [1.82, 2.24) is 0 Å². The van der Waals surface area contributed by atoms with Gasteiger partial charge in [0.2, 0.25) is 0 Å². The van der Waals surface area contributed by atoms with Gasteiger partial charge in [0, 0.05) is 30.7 Å². The Morgan fingerprint density at radius 1 is 1.00 bits per heavy atom. The van der Waals surface area contributed by atoms with Crippen LogP contribution < -0.4 is 0 Å². The fourth-order valence-corrected chi connectivity index (χ4v) is 2.69. The van der Waals surface area contributed by atoms with E-state index in [1.165, 1.54) is 45.7 Å². The van der Waals surface area contributed by atoms with Gasteiger partial charge in [-0.1, -0.05) is 86.5 Å². The van der Waals surface area contributed by atoms with E-state index in [1.54, 1.807) is 20.8 Å². The van der Waals surface area contributed by atoms with Gasteiger partial charge in [0.25, 0.3) is 0 Å². The molecule has 0 fully saturated rings. The van der Waals surface area contributed by atoms with Crippen LogP contribution in [0.3, 0.4) is 0 Å². The van der Waals surface area contributed by atoms with E-state index >= 15 is 0 Å². The second kappa shape index (κ2) is 20.8. The van der Waals surface area contributed by atoms with Crippen LogP contribution in [0.4, 0.5) is 17.6 Å². The average molecular weight is 530 g/mol. The molecule has 2 nitrogen and oxygen atoms in total. The van der Waals surface area contributed by atoms with Gasteiger partial charge in [-0.05, 0) is 61.6 Å². The van der Waals surface area contributed by atoms with Gasteiger partial charge in [0.15, 0.2) is 0 Å². The minimum Gasteiger partial charge on any atom is -0.380 e. The van der Waals surface area contributed by atoms with Crippen LogP contribution in [0.25, 0.3) is 0 Å². The van der Waals surface area contributed by atoms with Crippen LogP contribution in [0, 0.1) is 0 Å². The zero-order valence-corrected chi connectivity index (χ0v) is 25.1. The quantitative estimate of drug-likeness (QED) is 0.174. The summed E-state index contributed by atoms with van der Waals surface area (Å²) in [4.78, 5) is 3.96. The van der Waals surface area contributed by atoms with E-state index in [0.29, 0.717) is 23.1 Å². The molecule has 0 aromatic rings. The van der Waals surface area contributed by atoms with Crippen LogP contribution >= 0.6 is 0 Å². The number of halogens is 4. The number of aliphatic imine (C=N–C) groups is 1. The summed E-state index contributed by atoms with van der Waals surface area (Å²) in [6, 6.07) is 0. The first kappa shape index (κ1) is 39.3. The van der Waals surface area contributed by atoms with Crippen molar-refractivity contribution in [2.45, 2.75) is 107 Å². The van der Waals surface area contributed by atoms with Crippen molar-refractivity contribution in [3.05, 3.63) is 70.5 Å². The predicted octanol–water partition coefficient (Wildman–Crippen LogP) is 10.9. The number of methoxy groups -OCH3 is 1. The van der Waals surface area contributed by atoms with Crippen molar-refractivity contribution in [3.63, 3.8) is 0 Å². The monoisotopic (exact) mass is 529 g/mol. The van der Waals surface area contributed by atoms with E-state index in [9.17, 15) is 17.6 Å². The summed E-state index contributed by atoms with van der Waals surface area (Å²) < 4.78 is 64.4. The molecular weight excluding hydrogens is 478 g/mol. The minimum atomic E-state index is -4.40. The molecule has 0 saturated heterocycles. The number of unbranched alkanes of at least 4 members (excludes halogenated alkanes) is 1. The molecule has 0 bridgehead atoms. The molecule has 0 amide bonds. The van der Waals surface area contributed by atoms with Crippen LogP contribution in [0.15, 0.2) is 75.5 Å². The number of hydrogen-bond donors (Lipinski definition) is 0. The smallest absolute Gasteiger partial charge is 0.340 e. The molecule has 0 N–H and O–H groups in total. The van der Waals surface area contributed by atoms with Gasteiger partial charge in [0.1, 0.15) is 0 Å². The van der Waals surface area contributed by atoms with E-state index in [0.717, 1.165) is 12.2 Å². The number of nitrogens with zero attached hydrogens (tertiary/aromatic N) is 1. The van der Waals surface area contributed by atoms with Crippen LogP contribution in [0.2, 0.25) is 0 Å². The lowest BCUT2D eigenvalue weighted by Gasteiger charge is -2.37. The Hall–Kier alpha value is -2.21. The molecule has 1 rings (SSSR count). The molecule has 0 heterocycles. The molecule has 6 heteroatoms. The molecular formula is C31H51F4NO. The summed E-state index contributed by atoms with van der Waals surface area (Å²) in [5.41, 5.74) is -0.463. The largest absolute Gasteiger partial charge is 0.380 e. The summed E-state index contributed by atoms with van der Waals surface area (Å²) in [6.07, 6.45) is 9.32. The molecule has 0 aromatic carbocycles. The summed E-state index contributed by atoms with van der Waals surface area (Å²) in [5, 5.41) is 0. The number of rotatable bonds is 8. The number of alkyl halides is 4. The Kier molecular flexibility index (Phi) is 22.1. The van der Waals surface area contributed by atoms with E-state index < -0.39 is 23.0 Å². The third-order valence-corrected chi connectivity index (χ3v) is 5.10. The maximum absolute atomic E-state index is 14.9. The van der Waals surface area contributed by atoms with Gasteiger partial charge in [0.05, 0.1) is 6.61 Å². The number of hydrogen-bond acceptors (Lipinski definition) is 2. The molecule has 1 aliphatic carbocycles. The second-order valence-electron chi connectivity index (χ2n) is 8.26. The standard InChI is InChI=1S/C22H27F4NO.C4H10.C3H8.C2H6/c1-8-14(3)10-19-16(5)17(6)20(22(25,26)21(19,23)24)11-15(4)18(13-28-7)12-27-9-2;1-3-4-2;1-3-2;1-2/h9-12H,3,5,8,13H2,1-2,4,6-7H3;3-4H2,1-2H3;3H2,1-2H3;1-2H3/b15-11+,18-12+,19-10+,27-9?;;;. The second-order valence-corrected chi connectivity index (χ2v) is 8.26. The van der Waals surface area contributed by atoms with Crippen LogP contribution in [-0.2, 0) is 4.74 Å². The molecule has 0 aromatic heterocycles. The summed E-state index contributed by atoms with van der Waals surface area (Å²) in [7, 11) is 1.45. The maximum atomic E-state index is 14.9. The summed E-state index contributed by atoms with van der Waals surface area (Å²) in [5.74, 6) is -8.80. The van der Waals surface area contributed by atoms with Crippen LogP contribution in [0.1, 0.15) is 94.9 Å². The molecule has 37 heavy (non-hydrogen) atoms. The highest BCUT2D eigenvalue weighted by atomic mass is 19.3. The van der Waals surface area contributed by atoms with Crippen LogP contribution in [-0.4, -0.2) is 31.8 Å². The number of ether oxygens (including phenoxy) is 1. The van der Waals surface area contributed by atoms with E-state index in [2.05, 4.69) is 45.8 Å². The van der Waals surface area contributed by atoms with Gasteiger partial charge in [-0.2, -0.15) is 17.6 Å². The van der Waals surface area contributed by atoms with Crippen molar-refractivity contribution in [2.24, 2.45) is 4.99 Å². The third-order valence-electron chi connectivity index (χ3n) is 5.10. The topological polar surface area (TPSA) is 21.6 Å². The number of allylic oxidation sites excluding steroid dienone is 7. The zero-order valence-electron chi connectivity index (χ0n) is 25.1. The van der Waals surface area contributed by atoms with Crippen molar-refractivity contribution in [1.29, 1.82) is 0 Å². The molecule has 0 radical (unpaired) electrons. The average Bonchev–Trinajstić information content (AvgIpc) is 2.87. The Morgan fingerprint density at radius 3 is 1.86 bits per heavy atom. The predicted molar refractivity (Wildman–Crippen MR) is 155 cm³/mol. The lowest BCUT2D eigenvalue weighted by atomic mass is 9.78. The first-order valence-electron chi connectivity index (χ1n) is 13.2. The lowest BCUT2D eigenvalue weighted by molar-refractivity contribution is -0.160. The highest BCUT2D eigenvalue weighted by Crippen LogP contribution is 2.54. The van der Waals surface area contributed by atoms with Crippen molar-refractivity contribution in [3.8, 4) is 0 Å². The minimum absolute atomic E-state index is 0.0150. The summed E-state index contributed by atoms with van der Waals surface area (Å²) in [6.45, 7) is 26.3. The van der Waals surface area contributed by atoms with Gasteiger partial charge in [-0.25, -0.2) is 0 Å². The Bertz CT molecular complexity index is 841. The molecule has 0 saturated carbocycles. The van der Waals surface area contributed by atoms with Gasteiger partial charge in [-0.15, -0.1) is 0 Å². The Labute approximate surface area is 224 Å². The molecule has 0 unspecified atom stereocenters. The fraction of sp³-hybridized carbons (Fsp3) is 0.581. The van der Waals surface area contributed by atoms with E-state index in [4.69, 9.17) is 4.74 Å². The normalized spacial score (nSPS) is 17.9. The highest BCUT2D eigenvalue weighted by molar-refractivity contribution is 5.62. The van der Waals surface area contributed by atoms with Crippen molar-refractivity contribution < 1.29 is 22.3 Å². The van der Waals surface area contributed by atoms with Gasteiger partial charge >= 0.3 is 11.8 Å². The molecule has 0 spiro atoms. The molecule has 0 atom stereocenters. The third kappa shape index (κ3) is 12.3. The fourth-order valence-electron chi connectivity index (χ4n) is 2.69. The van der Waals surface area contributed by atoms with Gasteiger partial charge in [-0.3, -0.25) is 4.99 Å². The molecule has 1 aliphatic rings. The summed E-state index contributed by atoms with van der Waals surface area (Å²) >= 11 is 0.